The molecule has 1 unspecified atom stereocenters. The molecule has 1 aromatic carbocycles. The highest BCUT2D eigenvalue weighted by Crippen LogP contribution is 2.31. The van der Waals surface area contributed by atoms with Crippen molar-refractivity contribution in [1.29, 1.82) is 0 Å². The third kappa shape index (κ3) is 4.01. The largest absolute Gasteiger partial charge is 0.492 e. The number of hydrogen-bond donors (Lipinski definition) is 1. The number of benzene rings is 1. The maximum atomic E-state index is 11.9. The summed E-state index contributed by atoms with van der Waals surface area (Å²) in [5, 5.41) is 0.873. The minimum Gasteiger partial charge on any atom is -0.492 e. The van der Waals surface area contributed by atoms with Crippen LogP contribution in [0.15, 0.2) is 18.2 Å². The van der Waals surface area contributed by atoms with Gasteiger partial charge in [0, 0.05) is 25.6 Å². The molecule has 6 heteroatoms. The second-order valence-corrected chi connectivity index (χ2v) is 5.68. The third-order valence-corrected chi connectivity index (χ3v) is 4.09. The molecule has 1 atom stereocenters. The van der Waals surface area contributed by atoms with Gasteiger partial charge in [-0.3, -0.25) is 4.79 Å². The van der Waals surface area contributed by atoms with Crippen LogP contribution in [0.5, 0.6) is 5.75 Å². The summed E-state index contributed by atoms with van der Waals surface area (Å²) in [6.45, 7) is 1.87. The van der Waals surface area contributed by atoms with Crippen LogP contribution in [0.2, 0.25) is 10.0 Å². The van der Waals surface area contributed by atoms with E-state index < -0.39 is 0 Å². The first kappa shape index (κ1) is 15.4. The van der Waals surface area contributed by atoms with Gasteiger partial charge in [0.25, 0.3) is 0 Å². The molecule has 0 aromatic heterocycles. The van der Waals surface area contributed by atoms with Crippen LogP contribution in [-0.2, 0) is 4.79 Å². The van der Waals surface area contributed by atoms with Gasteiger partial charge in [0.2, 0.25) is 5.91 Å². The topological polar surface area (TPSA) is 55.6 Å². The molecular formula is C14H18Cl2N2O2. The molecule has 1 heterocycles. The molecule has 0 spiro atoms. The van der Waals surface area contributed by atoms with E-state index in [2.05, 4.69) is 0 Å². The lowest BCUT2D eigenvalue weighted by Gasteiger charge is -2.15. The molecule has 1 saturated heterocycles. The fraction of sp³-hybridized carbons (Fsp3) is 0.500. The van der Waals surface area contributed by atoms with Crippen LogP contribution >= 0.6 is 23.2 Å². The lowest BCUT2D eigenvalue weighted by atomic mass is 10.3. The van der Waals surface area contributed by atoms with Crippen molar-refractivity contribution in [3.05, 3.63) is 28.2 Å². The molecule has 110 valence electrons. The average molecular weight is 317 g/mol. The van der Waals surface area contributed by atoms with Crippen molar-refractivity contribution in [1.82, 2.24) is 4.90 Å². The second kappa shape index (κ2) is 7.16. The van der Waals surface area contributed by atoms with Crippen molar-refractivity contribution < 1.29 is 9.53 Å². The van der Waals surface area contributed by atoms with Crippen molar-refractivity contribution in [2.75, 3.05) is 19.7 Å². The van der Waals surface area contributed by atoms with Gasteiger partial charge in [0.05, 0.1) is 11.6 Å². The first-order valence-corrected chi connectivity index (χ1v) is 7.43. The maximum Gasteiger partial charge on any atom is 0.222 e. The Morgan fingerprint density at radius 1 is 1.45 bits per heavy atom. The highest BCUT2D eigenvalue weighted by molar-refractivity contribution is 6.42. The lowest BCUT2D eigenvalue weighted by molar-refractivity contribution is -0.130. The van der Waals surface area contributed by atoms with Gasteiger partial charge < -0.3 is 15.4 Å². The predicted octanol–water partition coefficient (Wildman–Crippen LogP) is 2.71. The van der Waals surface area contributed by atoms with Gasteiger partial charge in [0.15, 0.2) is 0 Å². The van der Waals surface area contributed by atoms with Crippen LogP contribution < -0.4 is 10.5 Å². The summed E-state index contributed by atoms with van der Waals surface area (Å²) in [7, 11) is 0. The Hall–Kier alpha value is -0.970. The zero-order chi connectivity index (χ0) is 14.5. The number of carbonyl (C=O) groups is 1. The van der Waals surface area contributed by atoms with Crippen LogP contribution in [0.3, 0.4) is 0 Å². The predicted molar refractivity (Wildman–Crippen MR) is 80.4 cm³/mol. The zero-order valence-corrected chi connectivity index (χ0v) is 12.7. The van der Waals surface area contributed by atoms with Gasteiger partial charge >= 0.3 is 0 Å². The fourth-order valence-electron chi connectivity index (χ4n) is 2.17. The van der Waals surface area contributed by atoms with Gasteiger partial charge in [0.1, 0.15) is 10.8 Å². The van der Waals surface area contributed by atoms with Crippen LogP contribution in [0.1, 0.15) is 19.3 Å². The van der Waals surface area contributed by atoms with Crippen LogP contribution in [0, 0.1) is 0 Å². The van der Waals surface area contributed by atoms with E-state index in [1.54, 1.807) is 18.2 Å². The van der Waals surface area contributed by atoms with E-state index in [-0.39, 0.29) is 11.9 Å². The van der Waals surface area contributed by atoms with Crippen molar-refractivity contribution in [2.45, 2.75) is 25.3 Å². The molecule has 1 amide bonds. The molecule has 1 aromatic rings. The minimum atomic E-state index is 0.125. The normalized spacial score (nSPS) is 18.4. The zero-order valence-electron chi connectivity index (χ0n) is 11.1. The molecule has 0 saturated carbocycles. The Morgan fingerprint density at radius 2 is 2.25 bits per heavy atom. The third-order valence-electron chi connectivity index (χ3n) is 3.29. The second-order valence-electron chi connectivity index (χ2n) is 4.89. The van der Waals surface area contributed by atoms with Crippen molar-refractivity contribution in [2.24, 2.45) is 5.73 Å². The van der Waals surface area contributed by atoms with Crippen LogP contribution in [0.4, 0.5) is 0 Å². The molecule has 0 bridgehead atoms. The Morgan fingerprint density at radius 3 is 2.95 bits per heavy atom. The van der Waals surface area contributed by atoms with E-state index in [1.807, 2.05) is 4.90 Å². The smallest absolute Gasteiger partial charge is 0.222 e. The molecule has 1 aliphatic heterocycles. The summed E-state index contributed by atoms with van der Waals surface area (Å²) in [4.78, 5) is 13.7. The number of hydrogen-bond acceptors (Lipinski definition) is 3. The number of halogens is 2. The Bertz CT molecular complexity index is 482. The van der Waals surface area contributed by atoms with Crippen molar-refractivity contribution >= 4 is 29.1 Å². The molecule has 0 radical (unpaired) electrons. The minimum absolute atomic E-state index is 0.125. The van der Waals surface area contributed by atoms with Gasteiger partial charge in [-0.25, -0.2) is 0 Å². The van der Waals surface area contributed by atoms with Crippen molar-refractivity contribution in [3.8, 4) is 5.75 Å². The molecule has 1 fully saturated rings. The molecular weight excluding hydrogens is 299 g/mol. The van der Waals surface area contributed by atoms with Crippen LogP contribution in [0.25, 0.3) is 0 Å². The summed E-state index contributed by atoms with van der Waals surface area (Å²) < 4.78 is 5.54. The molecule has 1 aliphatic rings. The maximum absolute atomic E-state index is 11.9. The molecule has 20 heavy (non-hydrogen) atoms. The van der Waals surface area contributed by atoms with Gasteiger partial charge in [-0.05, 0) is 25.0 Å². The number of nitrogens with two attached hydrogens (primary N) is 1. The average Bonchev–Trinajstić information content (AvgIpc) is 2.86. The number of likely N-dealkylation sites (tertiary alicyclic amines) is 1. The summed E-state index contributed by atoms with van der Waals surface area (Å²) >= 11 is 11.9. The summed E-state index contributed by atoms with van der Waals surface area (Å²) in [6.07, 6.45) is 2.00. The van der Waals surface area contributed by atoms with Crippen LogP contribution in [-0.4, -0.2) is 36.5 Å². The molecule has 4 nitrogen and oxygen atoms in total. The first-order valence-electron chi connectivity index (χ1n) is 6.68. The Balaban J connectivity index is 1.71. The monoisotopic (exact) mass is 316 g/mol. The Kier molecular flexibility index (Phi) is 5.52. The number of amides is 1. The van der Waals surface area contributed by atoms with E-state index in [0.29, 0.717) is 41.8 Å². The fourth-order valence-corrected chi connectivity index (χ4v) is 2.52. The van der Waals surface area contributed by atoms with E-state index in [9.17, 15) is 4.79 Å². The number of rotatable bonds is 5. The lowest BCUT2D eigenvalue weighted by Crippen LogP contribution is -2.31. The first-order chi connectivity index (χ1) is 9.58. The number of ether oxygens (including phenoxy) is 1. The van der Waals surface area contributed by atoms with E-state index in [1.165, 1.54) is 0 Å². The quantitative estimate of drug-likeness (QED) is 0.850. The summed E-state index contributed by atoms with van der Waals surface area (Å²) in [5.74, 6) is 0.688. The SMILES string of the molecule is NC1CCN(C(=O)CCCOc2cccc(Cl)c2Cl)C1. The van der Waals surface area contributed by atoms with Gasteiger partial charge in [-0.2, -0.15) is 0 Å². The van der Waals surface area contributed by atoms with E-state index >= 15 is 0 Å². The molecule has 2 rings (SSSR count). The van der Waals surface area contributed by atoms with Crippen molar-refractivity contribution in [3.63, 3.8) is 0 Å². The summed E-state index contributed by atoms with van der Waals surface area (Å²) in [6, 6.07) is 5.37. The number of nitrogens with zero attached hydrogens (tertiary/aromatic N) is 1. The van der Waals surface area contributed by atoms with Gasteiger partial charge in [-0.15, -0.1) is 0 Å². The molecule has 0 aliphatic carbocycles. The standard InChI is InChI=1S/C14H18Cl2N2O2/c15-11-3-1-4-12(14(11)16)20-8-2-5-13(19)18-7-6-10(17)9-18/h1,3-4,10H,2,5-9,17H2. The van der Waals surface area contributed by atoms with E-state index in [0.717, 1.165) is 13.0 Å². The Labute approximate surface area is 128 Å². The highest BCUT2D eigenvalue weighted by Gasteiger charge is 2.22. The van der Waals surface area contributed by atoms with E-state index in [4.69, 9.17) is 33.7 Å². The molecule has 2 N–H and O–H groups in total. The highest BCUT2D eigenvalue weighted by atomic mass is 35.5. The summed E-state index contributed by atoms with van der Waals surface area (Å²) in [5.41, 5.74) is 5.78. The number of carbonyl (C=O) groups excluding carboxylic acids is 1. The van der Waals surface area contributed by atoms with Gasteiger partial charge in [-0.1, -0.05) is 29.3 Å².